The zero-order valence-corrected chi connectivity index (χ0v) is 17.1. The number of nitrogens with one attached hydrogen (secondary N) is 1. The number of aromatic nitrogens is 3. The van der Waals surface area contributed by atoms with E-state index in [0.29, 0.717) is 16.7 Å². The van der Waals surface area contributed by atoms with E-state index < -0.39 is 6.36 Å². The Hall–Kier alpha value is -2.33. The van der Waals surface area contributed by atoms with Gasteiger partial charge in [0.15, 0.2) is 0 Å². The second kappa shape index (κ2) is 7.42. The number of alkyl halides is 3. The highest BCUT2D eigenvalue weighted by molar-refractivity contribution is 7.20. The van der Waals surface area contributed by atoms with Crippen molar-refractivity contribution in [2.75, 3.05) is 31.1 Å². The Bertz CT molecular complexity index is 1030. The van der Waals surface area contributed by atoms with Gasteiger partial charge in [0.1, 0.15) is 5.75 Å². The molecule has 0 atom stereocenters. The van der Waals surface area contributed by atoms with Crippen LogP contribution in [0.25, 0.3) is 16.2 Å². The summed E-state index contributed by atoms with van der Waals surface area (Å²) in [5.74, 6) is -0.256. The summed E-state index contributed by atoms with van der Waals surface area (Å²) < 4.78 is 43.4. The summed E-state index contributed by atoms with van der Waals surface area (Å²) in [4.78, 5) is 7.45. The first-order valence-corrected chi connectivity index (χ1v) is 10.9. The second-order valence-corrected chi connectivity index (χ2v) is 8.97. The van der Waals surface area contributed by atoms with Gasteiger partial charge in [-0.05, 0) is 56.3 Å². The predicted octanol–water partition coefficient (Wildman–Crippen LogP) is 4.33. The quantitative estimate of drug-likeness (QED) is 0.661. The number of imidazole rings is 1. The van der Waals surface area contributed by atoms with E-state index in [1.807, 2.05) is 0 Å². The normalized spacial score (nSPS) is 19.5. The van der Waals surface area contributed by atoms with Crippen LogP contribution in [0.5, 0.6) is 5.75 Å². The fourth-order valence-electron chi connectivity index (χ4n) is 4.49. The van der Waals surface area contributed by atoms with E-state index in [1.54, 1.807) is 16.8 Å². The minimum atomic E-state index is -4.72. The maximum atomic E-state index is 12.6. The fraction of sp³-hybridized carbons (Fsp3) is 0.500. The number of anilines is 1. The smallest absolute Gasteiger partial charge is 0.406 e. The van der Waals surface area contributed by atoms with E-state index in [2.05, 4.69) is 19.9 Å². The van der Waals surface area contributed by atoms with Crippen molar-refractivity contribution in [3.05, 3.63) is 30.5 Å². The molecule has 30 heavy (non-hydrogen) atoms. The second-order valence-electron chi connectivity index (χ2n) is 8.04. The Morgan fingerprint density at radius 3 is 2.60 bits per heavy atom. The lowest BCUT2D eigenvalue weighted by molar-refractivity contribution is -0.274. The van der Waals surface area contributed by atoms with Crippen LogP contribution in [0.3, 0.4) is 0 Å². The van der Waals surface area contributed by atoms with Gasteiger partial charge in [0.25, 0.3) is 0 Å². The highest BCUT2D eigenvalue weighted by Gasteiger charge is 2.36. The van der Waals surface area contributed by atoms with Gasteiger partial charge in [0.05, 0.1) is 11.9 Å². The van der Waals surface area contributed by atoms with Gasteiger partial charge < -0.3 is 15.0 Å². The number of hydrogen-bond acceptors (Lipinski definition) is 6. The van der Waals surface area contributed by atoms with Gasteiger partial charge in [-0.2, -0.15) is 0 Å². The van der Waals surface area contributed by atoms with Gasteiger partial charge in [0.2, 0.25) is 10.1 Å². The van der Waals surface area contributed by atoms with E-state index in [9.17, 15) is 13.2 Å². The lowest BCUT2D eigenvalue weighted by atomic mass is 9.72. The van der Waals surface area contributed by atoms with Crippen molar-refractivity contribution in [1.82, 2.24) is 19.9 Å². The predicted molar refractivity (Wildman–Crippen MR) is 109 cm³/mol. The molecule has 2 aromatic heterocycles. The highest BCUT2D eigenvalue weighted by atomic mass is 32.1. The summed E-state index contributed by atoms with van der Waals surface area (Å²) in [6.45, 7) is 4.15. The van der Waals surface area contributed by atoms with Crippen LogP contribution in [0.4, 0.5) is 18.3 Å². The number of piperidine rings is 2. The summed E-state index contributed by atoms with van der Waals surface area (Å²) in [6, 6.07) is 5.91. The molecule has 0 radical (unpaired) electrons. The van der Waals surface area contributed by atoms with Crippen LogP contribution in [-0.4, -0.2) is 47.1 Å². The number of rotatable bonds is 3. The minimum absolute atomic E-state index is 0.256. The first kappa shape index (κ1) is 19.6. The van der Waals surface area contributed by atoms with Crippen molar-refractivity contribution in [1.29, 1.82) is 0 Å². The molecule has 1 N–H and O–H groups in total. The molecule has 1 aromatic carbocycles. The zero-order valence-electron chi connectivity index (χ0n) is 16.3. The van der Waals surface area contributed by atoms with Crippen molar-refractivity contribution in [3.63, 3.8) is 0 Å². The fourth-order valence-corrected chi connectivity index (χ4v) is 5.42. The van der Waals surface area contributed by atoms with Crippen LogP contribution >= 0.6 is 11.3 Å². The Morgan fingerprint density at radius 1 is 1.10 bits per heavy atom. The summed E-state index contributed by atoms with van der Waals surface area (Å²) in [5, 5.41) is 9.09. The topological polar surface area (TPSA) is 54.7 Å². The third kappa shape index (κ3) is 3.85. The molecular formula is C20H22F3N5OS. The Balaban J connectivity index is 1.37. The first-order chi connectivity index (χ1) is 14.4. The number of halogens is 3. The van der Waals surface area contributed by atoms with Crippen LogP contribution in [0, 0.1) is 5.41 Å². The molecule has 10 heteroatoms. The van der Waals surface area contributed by atoms with Gasteiger partial charge in [-0.25, -0.2) is 9.50 Å². The van der Waals surface area contributed by atoms with Crippen LogP contribution < -0.4 is 15.0 Å². The van der Waals surface area contributed by atoms with E-state index in [1.165, 1.54) is 55.2 Å². The highest BCUT2D eigenvalue weighted by Crippen LogP contribution is 2.41. The molecule has 2 saturated heterocycles. The van der Waals surface area contributed by atoms with Gasteiger partial charge in [-0.3, -0.25) is 0 Å². The molecule has 160 valence electrons. The molecule has 3 aromatic rings. The van der Waals surface area contributed by atoms with E-state index in [0.717, 1.165) is 36.3 Å². The number of fused-ring (bicyclic) bond motifs is 1. The van der Waals surface area contributed by atoms with Crippen LogP contribution in [0.2, 0.25) is 0 Å². The Morgan fingerprint density at radius 2 is 1.87 bits per heavy atom. The lowest BCUT2D eigenvalue weighted by Crippen LogP contribution is -2.45. The first-order valence-electron chi connectivity index (χ1n) is 10.1. The zero-order chi connectivity index (χ0) is 20.8. The summed E-state index contributed by atoms with van der Waals surface area (Å²) in [5.41, 5.74) is 1.68. The van der Waals surface area contributed by atoms with Crippen LogP contribution in [0.15, 0.2) is 30.5 Å². The number of benzene rings is 1. The molecule has 2 aliphatic heterocycles. The largest absolute Gasteiger partial charge is 0.573 e. The molecule has 0 unspecified atom stereocenters. The third-order valence-corrected chi connectivity index (χ3v) is 7.18. The van der Waals surface area contributed by atoms with E-state index in [4.69, 9.17) is 5.10 Å². The Kier molecular flexibility index (Phi) is 4.85. The molecule has 2 aliphatic rings. The maximum Gasteiger partial charge on any atom is 0.573 e. The number of nitrogens with zero attached hydrogens (tertiary/aromatic N) is 4. The minimum Gasteiger partial charge on any atom is -0.406 e. The number of ether oxygens (including phenoxy) is 1. The van der Waals surface area contributed by atoms with E-state index in [-0.39, 0.29) is 5.75 Å². The van der Waals surface area contributed by atoms with Crippen molar-refractivity contribution in [3.8, 4) is 17.0 Å². The molecule has 2 fully saturated rings. The SMILES string of the molecule is FC(F)(F)Oc1cccc(-c2cnc3sc(N4CCC5(CCNCC5)CC4)nn23)c1. The molecular weight excluding hydrogens is 415 g/mol. The summed E-state index contributed by atoms with van der Waals surface area (Å²) in [6.07, 6.45) is 1.72. The summed E-state index contributed by atoms with van der Waals surface area (Å²) in [7, 11) is 0. The molecule has 0 bridgehead atoms. The maximum absolute atomic E-state index is 12.6. The molecule has 5 rings (SSSR count). The Labute approximate surface area is 175 Å². The van der Waals surface area contributed by atoms with Crippen molar-refractivity contribution in [2.45, 2.75) is 32.0 Å². The van der Waals surface area contributed by atoms with Crippen LogP contribution in [0.1, 0.15) is 25.7 Å². The van der Waals surface area contributed by atoms with Crippen LogP contribution in [-0.2, 0) is 0 Å². The third-order valence-electron chi connectivity index (χ3n) is 6.20. The van der Waals surface area contributed by atoms with Crippen molar-refractivity contribution in [2.24, 2.45) is 5.41 Å². The van der Waals surface area contributed by atoms with Gasteiger partial charge >= 0.3 is 6.36 Å². The summed E-state index contributed by atoms with van der Waals surface area (Å²) >= 11 is 1.51. The molecule has 0 saturated carbocycles. The van der Waals surface area contributed by atoms with Gasteiger partial charge in [-0.1, -0.05) is 23.5 Å². The molecule has 0 amide bonds. The van der Waals surface area contributed by atoms with Gasteiger partial charge in [0, 0.05) is 18.7 Å². The molecule has 1 spiro atoms. The molecule has 4 heterocycles. The lowest BCUT2D eigenvalue weighted by Gasteiger charge is -2.44. The average Bonchev–Trinajstić information content (AvgIpc) is 3.29. The molecule has 0 aliphatic carbocycles. The average molecular weight is 437 g/mol. The molecule has 6 nitrogen and oxygen atoms in total. The van der Waals surface area contributed by atoms with Gasteiger partial charge in [-0.15, -0.1) is 18.3 Å². The van der Waals surface area contributed by atoms with Crippen molar-refractivity contribution >= 4 is 21.4 Å². The number of hydrogen-bond donors (Lipinski definition) is 1. The monoisotopic (exact) mass is 437 g/mol. The van der Waals surface area contributed by atoms with Crippen molar-refractivity contribution < 1.29 is 17.9 Å². The standard InChI is InChI=1S/C20H22F3N5OS/c21-20(22,23)29-15-3-1-2-14(12-15)16-13-25-17-28(16)26-18(30-17)27-10-6-19(7-11-27)4-8-24-9-5-19/h1-3,12-13,24H,4-11H2. The van der Waals surface area contributed by atoms with E-state index >= 15 is 0 Å².